The molecule has 2 atom stereocenters. The average molecular weight is 310 g/mol. The van der Waals surface area contributed by atoms with E-state index in [0.717, 1.165) is 32.2 Å². The van der Waals surface area contributed by atoms with Gasteiger partial charge in [-0.15, -0.1) is 0 Å². The summed E-state index contributed by atoms with van der Waals surface area (Å²) in [7, 11) is -0.516. The van der Waals surface area contributed by atoms with Crippen LogP contribution in [0, 0.1) is 6.92 Å². The van der Waals surface area contributed by atoms with E-state index in [4.69, 9.17) is 4.42 Å². The van der Waals surface area contributed by atoms with Gasteiger partial charge >= 0.3 is 0 Å². The Bertz CT molecular complexity index is 672. The van der Waals surface area contributed by atoms with Crippen LogP contribution in [0.5, 0.6) is 0 Å². The molecule has 1 aromatic rings. The summed E-state index contributed by atoms with van der Waals surface area (Å²) in [4.78, 5) is 14.8. The van der Waals surface area contributed by atoms with Crippen LogP contribution in [0.3, 0.4) is 0 Å². The maximum atomic E-state index is 12.8. The van der Waals surface area contributed by atoms with Crippen molar-refractivity contribution in [1.82, 2.24) is 4.90 Å². The molecule has 2 saturated heterocycles. The molecule has 21 heavy (non-hydrogen) atoms. The molecule has 2 aliphatic heterocycles. The fourth-order valence-electron chi connectivity index (χ4n) is 3.76. The van der Waals surface area contributed by atoms with E-state index >= 15 is 0 Å². The van der Waals surface area contributed by atoms with Crippen molar-refractivity contribution in [3.8, 4) is 0 Å². The van der Waals surface area contributed by atoms with E-state index in [1.54, 1.807) is 26.3 Å². The summed E-state index contributed by atoms with van der Waals surface area (Å²) >= 11 is 0. The number of carbonyl (C=O) groups is 1. The lowest BCUT2D eigenvalue weighted by molar-refractivity contribution is 0.0607. The summed E-state index contributed by atoms with van der Waals surface area (Å²) in [5.74, 6) is 1.86. The fourth-order valence-corrected chi connectivity index (χ4v) is 6.10. The van der Waals surface area contributed by atoms with Gasteiger partial charge in [0.05, 0.1) is 23.1 Å². The van der Waals surface area contributed by atoms with Gasteiger partial charge in [-0.05, 0) is 38.7 Å². The van der Waals surface area contributed by atoms with Gasteiger partial charge in [0.25, 0.3) is 5.91 Å². The van der Waals surface area contributed by atoms with Crippen LogP contribution in [0.15, 0.2) is 21.1 Å². The first kappa shape index (κ1) is 14.6. The summed E-state index contributed by atoms with van der Waals surface area (Å²) in [6.07, 6.45) is 5.27. The second-order valence-corrected chi connectivity index (χ2v) is 8.69. The standard InChI is InChI=1S/C15H22N2O3S/c1-12-13(5-9-20-12)14(18)17-8-3-6-15(17)7-4-10-21(19,11-15)16-2/h5,9H,3-4,6-8,10-11H2,1-2H3. The summed E-state index contributed by atoms with van der Waals surface area (Å²) < 4.78 is 22.1. The Morgan fingerprint density at radius 1 is 1.43 bits per heavy atom. The van der Waals surface area contributed by atoms with Gasteiger partial charge in [0, 0.05) is 29.1 Å². The lowest BCUT2D eigenvalue weighted by Crippen LogP contribution is -2.54. The fraction of sp³-hybridized carbons (Fsp3) is 0.667. The van der Waals surface area contributed by atoms with E-state index in [1.165, 1.54) is 0 Å². The highest BCUT2D eigenvalue weighted by Crippen LogP contribution is 2.39. The molecular weight excluding hydrogens is 288 g/mol. The monoisotopic (exact) mass is 310 g/mol. The van der Waals surface area contributed by atoms with E-state index in [1.807, 2.05) is 4.90 Å². The van der Waals surface area contributed by atoms with Crippen LogP contribution >= 0.6 is 0 Å². The van der Waals surface area contributed by atoms with Crippen molar-refractivity contribution in [2.24, 2.45) is 4.36 Å². The number of hydrogen-bond donors (Lipinski definition) is 0. The predicted molar refractivity (Wildman–Crippen MR) is 81.9 cm³/mol. The number of amides is 1. The highest BCUT2D eigenvalue weighted by molar-refractivity contribution is 7.93. The molecule has 0 bridgehead atoms. The van der Waals surface area contributed by atoms with Crippen molar-refractivity contribution in [1.29, 1.82) is 0 Å². The molecule has 2 aliphatic rings. The van der Waals surface area contributed by atoms with Crippen LogP contribution in [0.4, 0.5) is 0 Å². The third-order valence-corrected chi connectivity index (χ3v) is 7.44. The van der Waals surface area contributed by atoms with E-state index in [2.05, 4.69) is 4.36 Å². The van der Waals surface area contributed by atoms with Crippen molar-refractivity contribution in [2.45, 2.75) is 38.1 Å². The molecule has 3 heterocycles. The third-order valence-electron chi connectivity index (χ3n) is 4.86. The second-order valence-electron chi connectivity index (χ2n) is 6.08. The number of furan rings is 1. The predicted octanol–water partition coefficient (Wildman–Crippen LogP) is 2.45. The van der Waals surface area contributed by atoms with Crippen LogP contribution in [-0.2, 0) is 9.73 Å². The van der Waals surface area contributed by atoms with Crippen molar-refractivity contribution in [2.75, 3.05) is 25.1 Å². The molecule has 3 rings (SSSR count). The number of nitrogens with zero attached hydrogens (tertiary/aromatic N) is 2. The van der Waals surface area contributed by atoms with Crippen LogP contribution in [0.25, 0.3) is 0 Å². The molecule has 116 valence electrons. The second kappa shape index (κ2) is 5.16. The van der Waals surface area contributed by atoms with Gasteiger partial charge in [0.15, 0.2) is 0 Å². The molecule has 0 N–H and O–H groups in total. The van der Waals surface area contributed by atoms with E-state index in [0.29, 0.717) is 22.8 Å². The SMILES string of the molecule is CN=S1(=O)CCCC2(CCCN2C(=O)c2ccoc2C)C1. The van der Waals surface area contributed by atoms with Crippen molar-refractivity contribution < 1.29 is 13.4 Å². The van der Waals surface area contributed by atoms with Gasteiger partial charge in [-0.1, -0.05) is 0 Å². The lowest BCUT2D eigenvalue weighted by Gasteiger charge is -2.42. The Hall–Kier alpha value is -1.30. The number of likely N-dealkylation sites (tertiary alicyclic amines) is 1. The zero-order chi connectivity index (χ0) is 15.1. The summed E-state index contributed by atoms with van der Waals surface area (Å²) in [5.41, 5.74) is 0.358. The lowest BCUT2D eigenvalue weighted by atomic mass is 9.92. The molecule has 5 nitrogen and oxygen atoms in total. The Morgan fingerprint density at radius 3 is 2.86 bits per heavy atom. The highest BCUT2D eigenvalue weighted by Gasteiger charge is 2.48. The number of rotatable bonds is 1. The van der Waals surface area contributed by atoms with Crippen LogP contribution in [-0.4, -0.2) is 45.7 Å². The molecule has 0 aliphatic carbocycles. The minimum absolute atomic E-state index is 0.0125. The molecule has 6 heteroatoms. The Labute approximate surface area is 125 Å². The Balaban J connectivity index is 1.94. The van der Waals surface area contributed by atoms with E-state index in [9.17, 15) is 9.00 Å². The summed E-state index contributed by atoms with van der Waals surface area (Å²) in [5, 5.41) is 0. The average Bonchev–Trinajstić information content (AvgIpc) is 3.05. The van der Waals surface area contributed by atoms with Crippen LogP contribution in [0.1, 0.15) is 41.8 Å². The molecular formula is C15H22N2O3S. The molecule has 1 spiro atoms. The molecule has 2 unspecified atom stereocenters. The molecule has 0 aromatic carbocycles. The maximum Gasteiger partial charge on any atom is 0.257 e. The van der Waals surface area contributed by atoms with Crippen LogP contribution in [0.2, 0.25) is 0 Å². The van der Waals surface area contributed by atoms with Gasteiger partial charge < -0.3 is 9.32 Å². The van der Waals surface area contributed by atoms with Gasteiger partial charge in [-0.25, -0.2) is 8.57 Å². The Kier molecular flexibility index (Phi) is 3.59. The normalized spacial score (nSPS) is 32.6. The number of hydrogen-bond acceptors (Lipinski definition) is 4. The zero-order valence-electron chi connectivity index (χ0n) is 12.6. The van der Waals surface area contributed by atoms with Crippen molar-refractivity contribution in [3.05, 3.63) is 23.7 Å². The Morgan fingerprint density at radius 2 is 2.19 bits per heavy atom. The first-order valence-corrected chi connectivity index (χ1v) is 9.32. The maximum absolute atomic E-state index is 12.8. The first-order chi connectivity index (χ1) is 10.00. The highest BCUT2D eigenvalue weighted by atomic mass is 32.2. The molecule has 0 radical (unpaired) electrons. The van der Waals surface area contributed by atoms with Gasteiger partial charge in [0.2, 0.25) is 0 Å². The van der Waals surface area contributed by atoms with Gasteiger partial charge in [-0.3, -0.25) is 4.79 Å². The molecule has 2 fully saturated rings. The smallest absolute Gasteiger partial charge is 0.257 e. The van der Waals surface area contributed by atoms with Crippen molar-refractivity contribution >= 4 is 15.6 Å². The quantitative estimate of drug-likeness (QED) is 0.800. The van der Waals surface area contributed by atoms with Gasteiger partial charge in [0.1, 0.15) is 5.76 Å². The van der Waals surface area contributed by atoms with E-state index in [-0.39, 0.29) is 11.4 Å². The third kappa shape index (κ3) is 2.39. The molecule has 1 aromatic heterocycles. The largest absolute Gasteiger partial charge is 0.469 e. The van der Waals surface area contributed by atoms with E-state index < -0.39 is 9.73 Å². The summed E-state index contributed by atoms with van der Waals surface area (Å²) in [6.45, 7) is 2.55. The van der Waals surface area contributed by atoms with Gasteiger partial charge in [-0.2, -0.15) is 0 Å². The minimum atomic E-state index is -2.16. The summed E-state index contributed by atoms with van der Waals surface area (Å²) in [6, 6.07) is 1.73. The number of aryl methyl sites for hydroxylation is 1. The molecule has 0 saturated carbocycles. The number of carbonyl (C=O) groups excluding carboxylic acids is 1. The topological polar surface area (TPSA) is 62.9 Å². The van der Waals surface area contributed by atoms with Crippen molar-refractivity contribution in [3.63, 3.8) is 0 Å². The van der Waals surface area contributed by atoms with Crippen LogP contribution < -0.4 is 0 Å². The molecule has 1 amide bonds. The zero-order valence-corrected chi connectivity index (χ0v) is 13.4. The first-order valence-electron chi connectivity index (χ1n) is 7.46. The minimum Gasteiger partial charge on any atom is -0.469 e.